The molecule has 158 valence electrons. The molecular weight excluding hydrogens is 380 g/mol. The summed E-state index contributed by atoms with van der Waals surface area (Å²) >= 11 is 0. The number of hydrogen-bond donors (Lipinski definition) is 4. The maximum atomic E-state index is 12.4. The quantitative estimate of drug-likeness (QED) is 0.344. The largest absolute Gasteiger partial charge is 0.395 e. The third kappa shape index (κ3) is 8.18. The molecule has 0 fully saturated rings. The fourth-order valence-electron chi connectivity index (χ4n) is 2.25. The molecule has 0 saturated heterocycles. The molecule has 0 aromatic rings. The van der Waals surface area contributed by atoms with Crippen molar-refractivity contribution in [3.63, 3.8) is 0 Å². The van der Waals surface area contributed by atoms with Crippen molar-refractivity contribution in [1.82, 2.24) is 9.44 Å². The predicted octanol–water partition coefficient (Wildman–Crippen LogP) is 0.416. The summed E-state index contributed by atoms with van der Waals surface area (Å²) in [6.07, 6.45) is 0.742. The Hall–Kier alpha value is -0.260. The first kappa shape index (κ1) is 25.7. The summed E-state index contributed by atoms with van der Waals surface area (Å²) in [7, 11) is -7.12. The van der Waals surface area contributed by atoms with Crippen LogP contribution in [0.25, 0.3) is 0 Å². The van der Waals surface area contributed by atoms with E-state index in [0.717, 1.165) is 0 Å². The Morgan fingerprint density at radius 2 is 1.19 bits per heavy atom. The number of hydrogen-bond acceptors (Lipinski definition) is 6. The maximum Gasteiger partial charge on any atom is 0.214 e. The molecule has 0 rings (SSSR count). The Morgan fingerprint density at radius 3 is 1.58 bits per heavy atom. The lowest BCUT2D eigenvalue weighted by molar-refractivity contribution is 0.214. The van der Waals surface area contributed by atoms with E-state index in [4.69, 9.17) is 0 Å². The molecule has 0 amide bonds. The van der Waals surface area contributed by atoms with Gasteiger partial charge in [-0.1, -0.05) is 20.8 Å². The van der Waals surface area contributed by atoms with Crippen LogP contribution in [-0.4, -0.2) is 62.8 Å². The summed E-state index contributed by atoms with van der Waals surface area (Å²) in [5.74, 6) is -0.268. The minimum atomic E-state index is -3.60. The minimum absolute atomic E-state index is 0.0369. The summed E-state index contributed by atoms with van der Waals surface area (Å²) in [6, 6.07) is -1.20. The van der Waals surface area contributed by atoms with Crippen LogP contribution in [0.4, 0.5) is 0 Å². The second-order valence-electron chi connectivity index (χ2n) is 7.56. The molecule has 0 aliphatic rings. The molecule has 0 bridgehead atoms. The SMILES string of the molecule is CC(CCC(C)S(=O)(=O)N[C@H](CO)C(C)C)[C@H](CO)NS(=O)(=O)C(C)C. The third-order valence-corrected chi connectivity index (χ3v) is 8.49. The molecule has 0 aliphatic carbocycles. The van der Waals surface area contributed by atoms with Gasteiger partial charge in [0.25, 0.3) is 0 Å². The average Bonchev–Trinajstić information content (AvgIpc) is 2.54. The monoisotopic (exact) mass is 416 g/mol. The molecule has 0 aromatic heterocycles. The normalized spacial score (nSPS) is 18.1. The van der Waals surface area contributed by atoms with E-state index in [1.165, 1.54) is 0 Å². The van der Waals surface area contributed by atoms with Crippen LogP contribution >= 0.6 is 0 Å². The summed E-state index contributed by atoms with van der Waals surface area (Å²) in [4.78, 5) is 0. The van der Waals surface area contributed by atoms with Crippen molar-refractivity contribution in [3.05, 3.63) is 0 Å². The molecular formula is C16H36N2O6S2. The van der Waals surface area contributed by atoms with Gasteiger partial charge in [-0.2, -0.15) is 0 Å². The Kier molecular flexibility index (Phi) is 10.8. The second kappa shape index (κ2) is 10.9. The van der Waals surface area contributed by atoms with Gasteiger partial charge in [-0.25, -0.2) is 26.3 Å². The highest BCUT2D eigenvalue weighted by atomic mass is 32.2. The standard InChI is InChI=1S/C16H36N2O6S2/c1-11(2)15(9-19)17-26(23,24)14(6)8-7-13(5)16(10-20)18-25(21,22)12(3)4/h11-20H,7-10H2,1-6H3/t13?,14?,15-,16+/m1/s1. The van der Waals surface area contributed by atoms with Crippen LogP contribution < -0.4 is 9.44 Å². The molecule has 0 spiro atoms. The van der Waals surface area contributed by atoms with Gasteiger partial charge in [0.2, 0.25) is 20.0 Å². The highest BCUT2D eigenvalue weighted by Gasteiger charge is 2.29. The third-order valence-electron chi connectivity index (χ3n) is 4.70. The van der Waals surface area contributed by atoms with Gasteiger partial charge in [-0.05, 0) is 45.4 Å². The van der Waals surface area contributed by atoms with Gasteiger partial charge in [0.1, 0.15) is 0 Å². The summed E-state index contributed by atoms with van der Waals surface area (Å²) in [5, 5.41) is 17.5. The van der Waals surface area contributed by atoms with E-state index in [1.807, 2.05) is 13.8 Å². The van der Waals surface area contributed by atoms with Gasteiger partial charge in [0.15, 0.2) is 0 Å². The predicted molar refractivity (Wildman–Crippen MR) is 104 cm³/mol. The number of sulfonamides is 2. The molecule has 0 heterocycles. The highest BCUT2D eigenvalue weighted by molar-refractivity contribution is 7.90. The van der Waals surface area contributed by atoms with E-state index in [2.05, 4.69) is 9.44 Å². The van der Waals surface area contributed by atoms with Crippen molar-refractivity contribution in [1.29, 1.82) is 0 Å². The molecule has 8 nitrogen and oxygen atoms in total. The fourth-order valence-corrected chi connectivity index (χ4v) is 4.69. The van der Waals surface area contributed by atoms with Gasteiger partial charge in [-0.3, -0.25) is 0 Å². The average molecular weight is 417 g/mol. The lowest BCUT2D eigenvalue weighted by Crippen LogP contribution is -2.46. The van der Waals surface area contributed by atoms with Crippen molar-refractivity contribution >= 4 is 20.0 Å². The van der Waals surface area contributed by atoms with Gasteiger partial charge < -0.3 is 10.2 Å². The topological polar surface area (TPSA) is 133 Å². The highest BCUT2D eigenvalue weighted by Crippen LogP contribution is 2.18. The smallest absolute Gasteiger partial charge is 0.214 e. The zero-order valence-corrected chi connectivity index (χ0v) is 18.3. The lowest BCUT2D eigenvalue weighted by Gasteiger charge is -2.26. The zero-order chi connectivity index (χ0) is 20.7. The van der Waals surface area contributed by atoms with Crippen molar-refractivity contribution in [2.75, 3.05) is 13.2 Å². The van der Waals surface area contributed by atoms with Crippen LogP contribution in [0.3, 0.4) is 0 Å². The Morgan fingerprint density at radius 1 is 0.731 bits per heavy atom. The Balaban J connectivity index is 4.84. The Bertz CT molecular complexity index is 604. The molecule has 0 aromatic carbocycles. The van der Waals surface area contributed by atoms with Crippen molar-refractivity contribution in [2.24, 2.45) is 11.8 Å². The van der Waals surface area contributed by atoms with E-state index in [1.54, 1.807) is 27.7 Å². The molecule has 4 N–H and O–H groups in total. The van der Waals surface area contributed by atoms with Crippen LogP contribution in [0.2, 0.25) is 0 Å². The van der Waals surface area contributed by atoms with E-state index in [9.17, 15) is 27.0 Å². The van der Waals surface area contributed by atoms with Gasteiger partial charge in [0.05, 0.1) is 23.7 Å². The molecule has 4 atom stereocenters. The van der Waals surface area contributed by atoms with E-state index in [-0.39, 0.29) is 25.0 Å². The van der Waals surface area contributed by atoms with Crippen molar-refractivity contribution in [2.45, 2.75) is 77.0 Å². The second-order valence-corrected chi connectivity index (χ2v) is 12.0. The van der Waals surface area contributed by atoms with Crippen LogP contribution in [0.1, 0.15) is 54.4 Å². The van der Waals surface area contributed by atoms with Crippen LogP contribution in [0.15, 0.2) is 0 Å². The summed E-state index contributed by atoms with van der Waals surface area (Å²) in [6.45, 7) is 9.47. The molecule has 26 heavy (non-hydrogen) atoms. The molecule has 10 heteroatoms. The number of aliphatic hydroxyl groups is 2. The number of rotatable bonds is 13. The minimum Gasteiger partial charge on any atom is -0.395 e. The van der Waals surface area contributed by atoms with Crippen LogP contribution in [-0.2, 0) is 20.0 Å². The fraction of sp³-hybridized carbons (Fsp3) is 1.00. The van der Waals surface area contributed by atoms with Gasteiger partial charge >= 0.3 is 0 Å². The van der Waals surface area contributed by atoms with Crippen molar-refractivity contribution in [3.8, 4) is 0 Å². The van der Waals surface area contributed by atoms with E-state index < -0.39 is 42.6 Å². The van der Waals surface area contributed by atoms with Gasteiger partial charge in [-0.15, -0.1) is 0 Å². The summed E-state index contributed by atoms with van der Waals surface area (Å²) in [5.41, 5.74) is 0. The first-order valence-corrected chi connectivity index (χ1v) is 12.1. The first-order valence-electron chi connectivity index (χ1n) is 9.02. The van der Waals surface area contributed by atoms with Crippen molar-refractivity contribution < 1.29 is 27.0 Å². The number of aliphatic hydroxyl groups excluding tert-OH is 2. The summed E-state index contributed by atoms with van der Waals surface area (Å²) < 4.78 is 53.7. The molecule has 2 unspecified atom stereocenters. The van der Waals surface area contributed by atoms with Crippen LogP contribution in [0, 0.1) is 11.8 Å². The first-order chi connectivity index (χ1) is 11.8. The maximum absolute atomic E-state index is 12.4. The molecule has 0 aliphatic heterocycles. The Labute approximate surface area is 158 Å². The van der Waals surface area contributed by atoms with E-state index >= 15 is 0 Å². The zero-order valence-electron chi connectivity index (χ0n) is 16.6. The number of nitrogens with one attached hydrogen (secondary N) is 2. The van der Waals surface area contributed by atoms with Gasteiger partial charge in [0, 0.05) is 12.1 Å². The molecule has 0 saturated carbocycles. The van der Waals surface area contributed by atoms with E-state index in [0.29, 0.717) is 12.8 Å². The molecule has 0 radical (unpaired) electrons. The van der Waals surface area contributed by atoms with Crippen LogP contribution in [0.5, 0.6) is 0 Å². The lowest BCUT2D eigenvalue weighted by atomic mass is 9.97.